The number of amides is 1. The fraction of sp³-hybridized carbons (Fsp3) is 0.786. The molecule has 0 saturated carbocycles. The zero-order chi connectivity index (χ0) is 13.9. The number of nitrogens with zero attached hydrogens (tertiary/aromatic N) is 3. The summed E-state index contributed by atoms with van der Waals surface area (Å²) in [5, 5.41) is 4.02. The van der Waals surface area contributed by atoms with Crippen molar-refractivity contribution in [1.82, 2.24) is 15.0 Å². The number of aryl methyl sites for hydroxylation is 1. The average Bonchev–Trinajstić information content (AvgIpc) is 3.19. The molecule has 2 aliphatic rings. The molecule has 2 fully saturated rings. The first-order chi connectivity index (χ1) is 9.78. The Morgan fingerprint density at radius 3 is 3.00 bits per heavy atom. The lowest BCUT2D eigenvalue weighted by molar-refractivity contribution is -0.134. The molecular formula is C14H21N3O3. The molecule has 2 unspecified atom stereocenters. The topological polar surface area (TPSA) is 68.5 Å². The van der Waals surface area contributed by atoms with Crippen LogP contribution in [0.4, 0.5) is 0 Å². The van der Waals surface area contributed by atoms with Gasteiger partial charge in [0.1, 0.15) is 0 Å². The van der Waals surface area contributed by atoms with Gasteiger partial charge in [-0.2, -0.15) is 4.98 Å². The molecule has 2 atom stereocenters. The van der Waals surface area contributed by atoms with Gasteiger partial charge >= 0.3 is 0 Å². The summed E-state index contributed by atoms with van der Waals surface area (Å²) >= 11 is 0. The zero-order valence-corrected chi connectivity index (χ0v) is 11.9. The Bertz CT molecular complexity index is 468. The minimum atomic E-state index is -0.0204. The van der Waals surface area contributed by atoms with Crippen LogP contribution >= 0.6 is 0 Å². The predicted molar refractivity (Wildman–Crippen MR) is 71.0 cm³/mol. The summed E-state index contributed by atoms with van der Waals surface area (Å²) in [6.45, 7) is 3.55. The van der Waals surface area contributed by atoms with E-state index in [9.17, 15) is 4.79 Å². The molecule has 0 spiro atoms. The molecule has 0 radical (unpaired) electrons. The smallest absolute Gasteiger partial charge is 0.226 e. The summed E-state index contributed by atoms with van der Waals surface area (Å²) in [7, 11) is 0. The van der Waals surface area contributed by atoms with Crippen LogP contribution < -0.4 is 0 Å². The fourth-order valence-corrected chi connectivity index (χ4v) is 3.00. The summed E-state index contributed by atoms with van der Waals surface area (Å²) in [6.07, 6.45) is 5.27. The Morgan fingerprint density at radius 1 is 1.40 bits per heavy atom. The molecule has 1 aromatic rings. The van der Waals surface area contributed by atoms with Crippen molar-refractivity contribution in [2.24, 2.45) is 0 Å². The van der Waals surface area contributed by atoms with Crippen LogP contribution in [0.5, 0.6) is 0 Å². The first-order valence-corrected chi connectivity index (χ1v) is 7.51. The van der Waals surface area contributed by atoms with Gasteiger partial charge in [-0.1, -0.05) is 12.1 Å². The molecule has 0 aromatic carbocycles. The number of hydrogen-bond donors (Lipinski definition) is 0. The Hall–Kier alpha value is -1.43. The summed E-state index contributed by atoms with van der Waals surface area (Å²) in [5.41, 5.74) is 0. The van der Waals surface area contributed by atoms with Crippen molar-refractivity contribution in [2.45, 2.75) is 57.6 Å². The monoisotopic (exact) mass is 279 g/mol. The van der Waals surface area contributed by atoms with E-state index in [1.165, 1.54) is 0 Å². The summed E-state index contributed by atoms with van der Waals surface area (Å²) in [5.74, 6) is 1.45. The molecule has 1 amide bonds. The van der Waals surface area contributed by atoms with Gasteiger partial charge in [-0.05, 0) is 25.7 Å². The number of likely N-dealkylation sites (tertiary alicyclic amines) is 1. The van der Waals surface area contributed by atoms with E-state index in [2.05, 4.69) is 10.1 Å². The van der Waals surface area contributed by atoms with Gasteiger partial charge in [-0.25, -0.2) is 0 Å². The number of rotatable bonds is 4. The van der Waals surface area contributed by atoms with Crippen LogP contribution in [0, 0.1) is 0 Å². The highest BCUT2D eigenvalue weighted by Gasteiger charge is 2.34. The van der Waals surface area contributed by atoms with E-state index in [0.717, 1.165) is 45.3 Å². The summed E-state index contributed by atoms with van der Waals surface area (Å²) in [4.78, 5) is 18.7. The highest BCUT2D eigenvalue weighted by atomic mass is 16.5. The number of ether oxygens (including phenoxy) is 1. The first kappa shape index (κ1) is 13.5. The zero-order valence-electron chi connectivity index (χ0n) is 11.9. The molecule has 20 heavy (non-hydrogen) atoms. The van der Waals surface area contributed by atoms with Gasteiger partial charge in [0.15, 0.2) is 5.82 Å². The molecule has 0 N–H and O–H groups in total. The Morgan fingerprint density at radius 2 is 2.30 bits per heavy atom. The maximum Gasteiger partial charge on any atom is 0.226 e. The molecule has 110 valence electrons. The van der Waals surface area contributed by atoms with Gasteiger partial charge < -0.3 is 14.2 Å². The lowest BCUT2D eigenvalue weighted by Crippen LogP contribution is -2.33. The van der Waals surface area contributed by atoms with Gasteiger partial charge in [-0.3, -0.25) is 4.79 Å². The predicted octanol–water partition coefficient (Wildman–Crippen LogP) is 1.86. The normalized spacial score (nSPS) is 26.4. The van der Waals surface area contributed by atoms with Gasteiger partial charge in [0.2, 0.25) is 11.8 Å². The lowest BCUT2D eigenvalue weighted by Gasteiger charge is -2.23. The van der Waals surface area contributed by atoms with Crippen LogP contribution in [0.1, 0.15) is 56.8 Å². The Balaban J connectivity index is 1.66. The Labute approximate surface area is 118 Å². The number of aromatic nitrogens is 2. The van der Waals surface area contributed by atoms with E-state index >= 15 is 0 Å². The highest BCUT2D eigenvalue weighted by molar-refractivity contribution is 5.77. The molecule has 1 aromatic heterocycles. The fourth-order valence-electron chi connectivity index (χ4n) is 3.00. The van der Waals surface area contributed by atoms with Crippen LogP contribution in [0.3, 0.4) is 0 Å². The summed E-state index contributed by atoms with van der Waals surface area (Å²) in [6, 6.07) is -0.0204. The largest absolute Gasteiger partial charge is 0.378 e. The van der Waals surface area contributed by atoms with Gasteiger partial charge in [-0.15, -0.1) is 0 Å². The number of carbonyl (C=O) groups excluding carboxylic acids is 1. The van der Waals surface area contributed by atoms with Gasteiger partial charge in [0, 0.05) is 19.6 Å². The molecule has 3 rings (SSSR count). The minimum absolute atomic E-state index is 0.0204. The molecule has 3 heterocycles. The van der Waals surface area contributed by atoms with E-state index in [4.69, 9.17) is 9.26 Å². The van der Waals surface area contributed by atoms with E-state index in [1.54, 1.807) is 0 Å². The van der Waals surface area contributed by atoms with Gasteiger partial charge in [0.25, 0.3) is 0 Å². The van der Waals surface area contributed by atoms with Crippen LogP contribution in [-0.2, 0) is 16.0 Å². The van der Waals surface area contributed by atoms with Crippen molar-refractivity contribution < 1.29 is 14.1 Å². The number of hydrogen-bond acceptors (Lipinski definition) is 5. The van der Waals surface area contributed by atoms with Crippen molar-refractivity contribution in [3.05, 3.63) is 11.7 Å². The van der Waals surface area contributed by atoms with Crippen molar-refractivity contribution in [2.75, 3.05) is 13.2 Å². The average molecular weight is 279 g/mol. The second kappa shape index (κ2) is 5.91. The Kier molecular flexibility index (Phi) is 4.00. The van der Waals surface area contributed by atoms with Crippen molar-refractivity contribution >= 4 is 5.91 Å². The molecule has 0 bridgehead atoms. The SMILES string of the molecule is CCc1nc(C2CCCN2C(=O)CC2CCCO2)no1. The summed E-state index contributed by atoms with van der Waals surface area (Å²) < 4.78 is 10.7. The van der Waals surface area contributed by atoms with Crippen LogP contribution in [-0.4, -0.2) is 40.2 Å². The third-order valence-electron chi connectivity index (χ3n) is 4.08. The van der Waals surface area contributed by atoms with Crippen LogP contribution in [0.15, 0.2) is 4.52 Å². The van der Waals surface area contributed by atoms with Crippen molar-refractivity contribution in [1.29, 1.82) is 0 Å². The minimum Gasteiger partial charge on any atom is -0.378 e. The third-order valence-corrected chi connectivity index (χ3v) is 4.08. The molecule has 0 aliphatic carbocycles. The van der Waals surface area contributed by atoms with Crippen molar-refractivity contribution in [3.63, 3.8) is 0 Å². The molecular weight excluding hydrogens is 258 g/mol. The maximum atomic E-state index is 12.4. The van der Waals surface area contributed by atoms with E-state index in [-0.39, 0.29) is 18.1 Å². The number of carbonyl (C=O) groups is 1. The second-order valence-electron chi connectivity index (χ2n) is 5.48. The maximum absolute atomic E-state index is 12.4. The molecule has 2 saturated heterocycles. The van der Waals surface area contributed by atoms with Crippen LogP contribution in [0.25, 0.3) is 0 Å². The molecule has 2 aliphatic heterocycles. The second-order valence-corrected chi connectivity index (χ2v) is 5.48. The lowest BCUT2D eigenvalue weighted by atomic mass is 10.1. The van der Waals surface area contributed by atoms with E-state index in [1.807, 2.05) is 11.8 Å². The molecule has 6 heteroatoms. The quantitative estimate of drug-likeness (QED) is 0.841. The van der Waals surface area contributed by atoms with Gasteiger partial charge in [0.05, 0.1) is 18.6 Å². The highest BCUT2D eigenvalue weighted by Crippen LogP contribution is 2.31. The van der Waals surface area contributed by atoms with E-state index < -0.39 is 0 Å². The standard InChI is InChI=1S/C14H21N3O3/c1-2-12-15-14(16-20-12)11-6-3-7-17(11)13(18)9-10-5-4-8-19-10/h10-11H,2-9H2,1H3. The van der Waals surface area contributed by atoms with Crippen molar-refractivity contribution in [3.8, 4) is 0 Å². The first-order valence-electron chi connectivity index (χ1n) is 7.51. The third kappa shape index (κ3) is 2.70. The van der Waals surface area contributed by atoms with E-state index in [0.29, 0.717) is 18.1 Å². The van der Waals surface area contributed by atoms with Crippen LogP contribution in [0.2, 0.25) is 0 Å². The molecule has 6 nitrogen and oxygen atoms in total.